The van der Waals surface area contributed by atoms with Gasteiger partial charge in [-0.05, 0) is 25.0 Å². The molecule has 150 valence electrons. The van der Waals surface area contributed by atoms with Crippen LogP contribution in [0.15, 0.2) is 18.2 Å². The Bertz CT molecular complexity index is 775. The van der Waals surface area contributed by atoms with Gasteiger partial charge in [-0.3, -0.25) is 4.79 Å². The normalized spacial score (nSPS) is 18.0. The molecule has 0 aromatic heterocycles. The molecule has 0 N–H and O–H groups in total. The fourth-order valence-electron chi connectivity index (χ4n) is 3.91. The SMILES string of the molecule is CN(C)C(=O)N1CCC(C(=O)N2CCN(c3cccc(F)c3C#N)CC2)CC1. The Morgan fingerprint density at radius 3 is 2.29 bits per heavy atom. The first-order chi connectivity index (χ1) is 13.4. The maximum atomic E-state index is 13.8. The van der Waals surface area contributed by atoms with Gasteiger partial charge in [0.15, 0.2) is 0 Å². The van der Waals surface area contributed by atoms with Crippen molar-refractivity contribution in [2.24, 2.45) is 5.92 Å². The highest BCUT2D eigenvalue weighted by Gasteiger charge is 2.32. The lowest BCUT2D eigenvalue weighted by Crippen LogP contribution is -2.52. The van der Waals surface area contributed by atoms with Crippen LogP contribution in [0.5, 0.6) is 0 Å². The minimum atomic E-state index is -0.516. The molecule has 0 unspecified atom stereocenters. The van der Waals surface area contributed by atoms with Gasteiger partial charge in [0.25, 0.3) is 0 Å². The second-order valence-electron chi connectivity index (χ2n) is 7.50. The Morgan fingerprint density at radius 1 is 1.07 bits per heavy atom. The number of carbonyl (C=O) groups excluding carboxylic acids is 2. The van der Waals surface area contributed by atoms with E-state index >= 15 is 0 Å². The van der Waals surface area contributed by atoms with Crippen molar-refractivity contribution in [2.45, 2.75) is 12.8 Å². The van der Waals surface area contributed by atoms with Crippen LogP contribution in [0.2, 0.25) is 0 Å². The van der Waals surface area contributed by atoms with E-state index in [1.807, 2.05) is 15.9 Å². The van der Waals surface area contributed by atoms with E-state index in [-0.39, 0.29) is 23.4 Å². The molecular weight excluding hydrogens is 361 g/mol. The second kappa shape index (κ2) is 8.46. The van der Waals surface area contributed by atoms with E-state index in [9.17, 15) is 19.2 Å². The average Bonchev–Trinajstić information content (AvgIpc) is 2.72. The zero-order chi connectivity index (χ0) is 20.3. The minimum absolute atomic E-state index is 0.0112. The molecule has 28 heavy (non-hydrogen) atoms. The number of amides is 3. The molecule has 0 atom stereocenters. The fourth-order valence-corrected chi connectivity index (χ4v) is 3.91. The lowest BCUT2D eigenvalue weighted by Gasteiger charge is -2.39. The molecule has 2 saturated heterocycles. The molecule has 7 nitrogen and oxygen atoms in total. The second-order valence-corrected chi connectivity index (χ2v) is 7.50. The van der Waals surface area contributed by atoms with Crippen molar-refractivity contribution in [3.8, 4) is 6.07 Å². The van der Waals surface area contributed by atoms with Crippen molar-refractivity contribution in [3.63, 3.8) is 0 Å². The van der Waals surface area contributed by atoms with Crippen molar-refractivity contribution in [3.05, 3.63) is 29.6 Å². The summed E-state index contributed by atoms with van der Waals surface area (Å²) < 4.78 is 13.8. The number of nitriles is 1. The Morgan fingerprint density at radius 2 is 1.71 bits per heavy atom. The van der Waals surface area contributed by atoms with Crippen molar-refractivity contribution in [1.82, 2.24) is 14.7 Å². The number of hydrogen-bond donors (Lipinski definition) is 0. The molecule has 0 bridgehead atoms. The first kappa shape index (κ1) is 19.9. The van der Waals surface area contributed by atoms with Gasteiger partial charge >= 0.3 is 6.03 Å². The first-order valence-corrected chi connectivity index (χ1v) is 9.61. The van der Waals surface area contributed by atoms with E-state index in [2.05, 4.69) is 0 Å². The van der Waals surface area contributed by atoms with Crippen LogP contribution < -0.4 is 4.90 Å². The minimum Gasteiger partial charge on any atom is -0.367 e. The molecule has 0 saturated carbocycles. The smallest absolute Gasteiger partial charge is 0.319 e. The maximum Gasteiger partial charge on any atom is 0.319 e. The Kier molecular flexibility index (Phi) is 6.02. The van der Waals surface area contributed by atoms with Crippen LogP contribution in [0.4, 0.5) is 14.9 Å². The largest absolute Gasteiger partial charge is 0.367 e. The zero-order valence-electron chi connectivity index (χ0n) is 16.4. The van der Waals surface area contributed by atoms with Gasteiger partial charge in [-0.15, -0.1) is 0 Å². The van der Waals surface area contributed by atoms with Crippen molar-refractivity contribution < 1.29 is 14.0 Å². The molecule has 1 aromatic rings. The van der Waals surface area contributed by atoms with Crippen molar-refractivity contribution in [2.75, 3.05) is 58.3 Å². The van der Waals surface area contributed by atoms with E-state index in [0.717, 1.165) is 0 Å². The van der Waals surface area contributed by atoms with Crippen LogP contribution in [0.25, 0.3) is 0 Å². The third-order valence-electron chi connectivity index (χ3n) is 5.53. The van der Waals surface area contributed by atoms with Gasteiger partial charge in [0, 0.05) is 59.3 Å². The van der Waals surface area contributed by atoms with E-state index in [1.54, 1.807) is 36.0 Å². The number of piperazine rings is 1. The molecule has 3 amide bonds. The van der Waals surface area contributed by atoms with E-state index in [4.69, 9.17) is 0 Å². The molecular formula is C20H26FN5O2. The highest BCUT2D eigenvalue weighted by molar-refractivity contribution is 5.80. The standard InChI is InChI=1S/C20H26FN5O2/c1-23(2)20(28)26-8-6-15(7-9-26)19(27)25-12-10-24(11-13-25)18-5-3-4-17(21)16(18)14-22/h3-5,15H,6-13H2,1-2H3. The third kappa shape index (κ3) is 4.03. The predicted molar refractivity (Wildman–Crippen MR) is 103 cm³/mol. The topological polar surface area (TPSA) is 70.9 Å². The number of carbonyl (C=O) groups is 2. The molecule has 0 aliphatic carbocycles. The van der Waals surface area contributed by atoms with Gasteiger partial charge in [-0.1, -0.05) is 6.07 Å². The first-order valence-electron chi connectivity index (χ1n) is 9.61. The molecule has 2 heterocycles. The highest BCUT2D eigenvalue weighted by atomic mass is 19.1. The summed E-state index contributed by atoms with van der Waals surface area (Å²) in [6, 6.07) is 6.56. The number of rotatable bonds is 2. The summed E-state index contributed by atoms with van der Waals surface area (Å²) in [5.74, 6) is -0.435. The average molecular weight is 387 g/mol. The summed E-state index contributed by atoms with van der Waals surface area (Å²) in [5.41, 5.74) is 0.644. The Hall–Kier alpha value is -2.82. The number of benzene rings is 1. The van der Waals surface area contributed by atoms with Crippen LogP contribution in [-0.2, 0) is 4.79 Å². The molecule has 2 aliphatic rings. The number of nitrogens with zero attached hydrogens (tertiary/aromatic N) is 5. The van der Waals surface area contributed by atoms with Gasteiger partial charge < -0.3 is 19.6 Å². The number of anilines is 1. The van der Waals surface area contributed by atoms with Crippen LogP contribution >= 0.6 is 0 Å². The van der Waals surface area contributed by atoms with Gasteiger partial charge in [-0.2, -0.15) is 5.26 Å². The summed E-state index contributed by atoms with van der Waals surface area (Å²) in [6.07, 6.45) is 1.36. The zero-order valence-corrected chi connectivity index (χ0v) is 16.4. The lowest BCUT2D eigenvalue weighted by atomic mass is 9.95. The van der Waals surface area contributed by atoms with Gasteiger partial charge in [0.2, 0.25) is 5.91 Å². The summed E-state index contributed by atoms with van der Waals surface area (Å²) in [4.78, 5) is 32.1. The van der Waals surface area contributed by atoms with Crippen molar-refractivity contribution >= 4 is 17.6 Å². The number of likely N-dealkylation sites (tertiary alicyclic amines) is 1. The summed E-state index contributed by atoms with van der Waals surface area (Å²) >= 11 is 0. The van der Waals surface area contributed by atoms with Gasteiger partial charge in [0.05, 0.1) is 5.69 Å². The maximum absolute atomic E-state index is 13.8. The third-order valence-corrected chi connectivity index (χ3v) is 5.53. The van der Waals surface area contributed by atoms with Crippen LogP contribution in [-0.4, -0.2) is 80.0 Å². The molecule has 2 fully saturated rings. The Labute approximate surface area is 164 Å². The van der Waals surface area contributed by atoms with Crippen LogP contribution in [0.1, 0.15) is 18.4 Å². The molecule has 0 spiro atoms. The van der Waals surface area contributed by atoms with E-state index in [0.29, 0.717) is 57.8 Å². The highest BCUT2D eigenvalue weighted by Crippen LogP contribution is 2.25. The van der Waals surface area contributed by atoms with Crippen molar-refractivity contribution in [1.29, 1.82) is 5.26 Å². The quantitative estimate of drug-likeness (QED) is 0.775. The number of hydrogen-bond acceptors (Lipinski definition) is 4. The number of urea groups is 1. The lowest BCUT2D eigenvalue weighted by molar-refractivity contribution is -0.137. The number of piperidine rings is 1. The summed E-state index contributed by atoms with van der Waals surface area (Å²) in [6.45, 7) is 3.45. The number of halogens is 1. The van der Waals surface area contributed by atoms with E-state index in [1.165, 1.54) is 6.07 Å². The van der Waals surface area contributed by atoms with Gasteiger partial charge in [-0.25, -0.2) is 9.18 Å². The molecule has 2 aliphatic heterocycles. The molecule has 0 radical (unpaired) electrons. The van der Waals surface area contributed by atoms with E-state index < -0.39 is 5.82 Å². The fraction of sp³-hybridized carbons (Fsp3) is 0.550. The van der Waals surface area contributed by atoms with Gasteiger partial charge in [0.1, 0.15) is 17.4 Å². The van der Waals surface area contributed by atoms with Crippen LogP contribution in [0, 0.1) is 23.1 Å². The predicted octanol–water partition coefficient (Wildman–Crippen LogP) is 1.74. The molecule has 1 aromatic carbocycles. The Balaban J connectivity index is 1.55. The monoisotopic (exact) mass is 387 g/mol. The summed E-state index contributed by atoms with van der Waals surface area (Å²) in [5, 5.41) is 9.22. The van der Waals surface area contributed by atoms with Crippen LogP contribution in [0.3, 0.4) is 0 Å². The summed E-state index contributed by atoms with van der Waals surface area (Å²) in [7, 11) is 3.46. The molecule has 8 heteroatoms. The molecule has 3 rings (SSSR count).